The van der Waals surface area contributed by atoms with Crippen LogP contribution >= 0.6 is 0 Å². The van der Waals surface area contributed by atoms with Gasteiger partial charge in [-0.05, 0) is 43.2 Å². The number of likely N-dealkylation sites (tertiary alicyclic amines) is 1. The first-order valence-corrected chi connectivity index (χ1v) is 9.72. The van der Waals surface area contributed by atoms with Gasteiger partial charge < -0.3 is 14.2 Å². The van der Waals surface area contributed by atoms with Crippen molar-refractivity contribution < 1.29 is 14.3 Å². The summed E-state index contributed by atoms with van der Waals surface area (Å²) in [4.78, 5) is 27.8. The lowest BCUT2D eigenvalue weighted by Crippen LogP contribution is -2.42. The van der Waals surface area contributed by atoms with E-state index in [0.717, 1.165) is 24.2 Å². The van der Waals surface area contributed by atoms with Gasteiger partial charge in [-0.25, -0.2) is 0 Å². The normalized spacial score (nSPS) is 16.6. The van der Waals surface area contributed by atoms with E-state index in [-0.39, 0.29) is 17.6 Å². The number of hydrogen-bond acceptors (Lipinski definition) is 4. The van der Waals surface area contributed by atoms with Gasteiger partial charge in [-0.3, -0.25) is 14.7 Å². The first-order chi connectivity index (χ1) is 14.1. The van der Waals surface area contributed by atoms with Crippen LogP contribution in [0.25, 0.3) is 11.4 Å². The van der Waals surface area contributed by atoms with Gasteiger partial charge in [0.05, 0.1) is 18.4 Å². The number of rotatable bonds is 5. The first kappa shape index (κ1) is 19.0. The van der Waals surface area contributed by atoms with Gasteiger partial charge in [0.15, 0.2) is 5.78 Å². The lowest BCUT2D eigenvalue weighted by molar-refractivity contribution is 0.0631. The van der Waals surface area contributed by atoms with Crippen molar-refractivity contribution in [2.24, 2.45) is 13.0 Å². The van der Waals surface area contributed by atoms with Crippen LogP contribution in [0.3, 0.4) is 0 Å². The first-order valence-electron chi connectivity index (χ1n) is 9.72. The fourth-order valence-electron chi connectivity index (χ4n) is 3.90. The number of nitrogens with one attached hydrogen (secondary N) is 1. The number of amides is 1. The monoisotopic (exact) mass is 392 g/mol. The van der Waals surface area contributed by atoms with Gasteiger partial charge in [-0.15, -0.1) is 0 Å². The minimum absolute atomic E-state index is 0.0223. The van der Waals surface area contributed by atoms with Crippen LogP contribution in [0.2, 0.25) is 0 Å². The van der Waals surface area contributed by atoms with Crippen LogP contribution in [0.5, 0.6) is 5.75 Å². The molecule has 0 aliphatic carbocycles. The van der Waals surface area contributed by atoms with Crippen molar-refractivity contribution in [3.05, 3.63) is 59.9 Å². The van der Waals surface area contributed by atoms with E-state index in [9.17, 15) is 9.59 Å². The standard InChI is InChI=1S/C22H24N4O3/c1-25-11-6-9-19(25)17-13-18(24-23-17)22(28)26-12-5-7-15(14-26)21(27)16-8-3-4-10-20(16)29-2/h3-4,6,8-11,13,15H,5,7,12,14H2,1-2H3,(H,23,24)/t15-/m1/s1. The van der Waals surface area contributed by atoms with Gasteiger partial charge >= 0.3 is 0 Å². The third-order valence-corrected chi connectivity index (χ3v) is 5.47. The molecule has 3 aromatic rings. The summed E-state index contributed by atoms with van der Waals surface area (Å²) in [6, 6.07) is 12.9. The quantitative estimate of drug-likeness (QED) is 0.677. The number of aryl methyl sites for hydroxylation is 1. The molecule has 1 amide bonds. The highest BCUT2D eigenvalue weighted by Crippen LogP contribution is 2.27. The van der Waals surface area contributed by atoms with E-state index < -0.39 is 0 Å². The summed E-state index contributed by atoms with van der Waals surface area (Å²) in [5, 5.41) is 7.14. The van der Waals surface area contributed by atoms with Crippen LogP contribution in [-0.2, 0) is 7.05 Å². The molecule has 1 atom stereocenters. The molecule has 4 rings (SSSR count). The van der Waals surface area contributed by atoms with Gasteiger partial charge in [-0.2, -0.15) is 5.10 Å². The summed E-state index contributed by atoms with van der Waals surface area (Å²) < 4.78 is 7.28. The Hall–Kier alpha value is -3.35. The molecule has 0 radical (unpaired) electrons. The van der Waals surface area contributed by atoms with Crippen LogP contribution in [0, 0.1) is 5.92 Å². The molecule has 3 heterocycles. The van der Waals surface area contributed by atoms with E-state index in [1.807, 2.05) is 42.1 Å². The maximum Gasteiger partial charge on any atom is 0.271 e. The summed E-state index contributed by atoms with van der Waals surface area (Å²) in [6.45, 7) is 1.03. The molecular weight excluding hydrogens is 368 g/mol. The number of carbonyl (C=O) groups excluding carboxylic acids is 2. The fraction of sp³-hybridized carbons (Fsp3) is 0.318. The van der Waals surface area contributed by atoms with Crippen molar-refractivity contribution in [1.82, 2.24) is 19.7 Å². The number of methoxy groups -OCH3 is 1. The highest BCUT2D eigenvalue weighted by Gasteiger charge is 2.31. The Morgan fingerprint density at radius 1 is 1.21 bits per heavy atom. The van der Waals surface area contributed by atoms with E-state index in [0.29, 0.717) is 30.1 Å². The number of benzene rings is 1. The number of nitrogens with zero attached hydrogens (tertiary/aromatic N) is 3. The molecule has 0 unspecified atom stereocenters. The molecule has 1 fully saturated rings. The molecule has 1 N–H and O–H groups in total. The number of Topliss-reactive ketones (excluding diaryl/α,β-unsaturated/α-hetero) is 1. The van der Waals surface area contributed by atoms with Gasteiger partial charge in [-0.1, -0.05) is 12.1 Å². The molecule has 0 spiro atoms. The number of ketones is 1. The fourth-order valence-corrected chi connectivity index (χ4v) is 3.90. The second-order valence-electron chi connectivity index (χ2n) is 7.33. The third-order valence-electron chi connectivity index (χ3n) is 5.47. The van der Waals surface area contributed by atoms with Crippen LogP contribution in [0.1, 0.15) is 33.7 Å². The topological polar surface area (TPSA) is 80.2 Å². The number of aromatic amines is 1. The Labute approximate surface area is 169 Å². The molecule has 7 heteroatoms. The van der Waals surface area contributed by atoms with E-state index in [1.54, 1.807) is 30.2 Å². The lowest BCUT2D eigenvalue weighted by Gasteiger charge is -2.31. The number of ether oxygens (including phenoxy) is 1. The van der Waals surface area contributed by atoms with Crippen molar-refractivity contribution in [3.63, 3.8) is 0 Å². The van der Waals surface area contributed by atoms with Crippen molar-refractivity contribution in [1.29, 1.82) is 0 Å². The van der Waals surface area contributed by atoms with Crippen molar-refractivity contribution in [2.45, 2.75) is 12.8 Å². The number of para-hydroxylation sites is 1. The van der Waals surface area contributed by atoms with E-state index in [2.05, 4.69) is 10.2 Å². The maximum absolute atomic E-state index is 13.0. The Morgan fingerprint density at radius 3 is 2.79 bits per heavy atom. The summed E-state index contributed by atoms with van der Waals surface area (Å²) in [6.07, 6.45) is 3.48. The van der Waals surface area contributed by atoms with E-state index in [1.165, 1.54) is 0 Å². The molecular formula is C22H24N4O3. The molecule has 1 aromatic carbocycles. The van der Waals surface area contributed by atoms with E-state index >= 15 is 0 Å². The largest absolute Gasteiger partial charge is 0.496 e. The molecule has 1 aliphatic heterocycles. The van der Waals surface area contributed by atoms with Crippen LogP contribution in [-0.4, -0.2) is 51.6 Å². The zero-order chi connectivity index (χ0) is 20.4. The van der Waals surface area contributed by atoms with Gasteiger partial charge in [0.1, 0.15) is 17.1 Å². The predicted octanol–water partition coefficient (Wildman–Crippen LogP) is 3.16. The minimum Gasteiger partial charge on any atom is -0.496 e. The summed E-state index contributed by atoms with van der Waals surface area (Å²) in [5.74, 6) is 0.227. The number of piperidine rings is 1. The van der Waals surface area contributed by atoms with Crippen LogP contribution in [0.4, 0.5) is 0 Å². The van der Waals surface area contributed by atoms with Crippen molar-refractivity contribution in [2.75, 3.05) is 20.2 Å². The average molecular weight is 392 g/mol. The van der Waals surface area contributed by atoms with Crippen molar-refractivity contribution >= 4 is 11.7 Å². The number of H-pyrrole nitrogens is 1. The van der Waals surface area contributed by atoms with Gasteiger partial charge in [0.2, 0.25) is 0 Å². The minimum atomic E-state index is -0.237. The third kappa shape index (κ3) is 3.68. The second-order valence-corrected chi connectivity index (χ2v) is 7.33. The van der Waals surface area contributed by atoms with Crippen molar-refractivity contribution in [3.8, 4) is 17.1 Å². The zero-order valence-electron chi connectivity index (χ0n) is 16.6. The molecule has 0 bridgehead atoms. The Kier molecular flexibility index (Phi) is 5.20. The van der Waals surface area contributed by atoms with Gasteiger partial charge in [0.25, 0.3) is 5.91 Å². The highest BCUT2D eigenvalue weighted by molar-refractivity contribution is 6.01. The molecule has 7 nitrogen and oxygen atoms in total. The number of aromatic nitrogens is 3. The zero-order valence-corrected chi connectivity index (χ0v) is 16.6. The summed E-state index contributed by atoms with van der Waals surface area (Å²) in [7, 11) is 3.50. The lowest BCUT2D eigenvalue weighted by atomic mass is 9.89. The smallest absolute Gasteiger partial charge is 0.271 e. The highest BCUT2D eigenvalue weighted by atomic mass is 16.5. The summed E-state index contributed by atoms with van der Waals surface area (Å²) >= 11 is 0. The number of hydrogen-bond donors (Lipinski definition) is 1. The number of carbonyl (C=O) groups is 2. The molecule has 1 aliphatic rings. The van der Waals surface area contributed by atoms with Crippen LogP contribution in [0.15, 0.2) is 48.7 Å². The SMILES string of the molecule is COc1ccccc1C(=O)[C@@H]1CCCN(C(=O)c2cc(-c3cccn3C)n[nH]2)C1. The van der Waals surface area contributed by atoms with Gasteiger partial charge in [0, 0.05) is 32.3 Å². The molecule has 29 heavy (non-hydrogen) atoms. The van der Waals surface area contributed by atoms with Crippen LogP contribution < -0.4 is 4.74 Å². The maximum atomic E-state index is 13.0. The summed E-state index contributed by atoms with van der Waals surface area (Å²) in [5.41, 5.74) is 2.66. The molecule has 150 valence electrons. The predicted molar refractivity (Wildman–Crippen MR) is 109 cm³/mol. The Balaban J connectivity index is 1.50. The Bertz CT molecular complexity index is 1040. The van der Waals surface area contributed by atoms with E-state index in [4.69, 9.17) is 4.74 Å². The molecule has 1 saturated heterocycles. The Morgan fingerprint density at radius 2 is 2.03 bits per heavy atom. The second kappa shape index (κ2) is 7.95. The molecule has 2 aromatic heterocycles. The molecule has 0 saturated carbocycles. The average Bonchev–Trinajstić information content (AvgIpc) is 3.41.